The Balaban J connectivity index is 4.53. The first-order chi connectivity index (χ1) is 3.25. The van der Waals surface area contributed by atoms with Crippen LogP contribution in [0.4, 0.5) is 0 Å². The van der Waals surface area contributed by atoms with Crippen molar-refractivity contribution in [2.75, 3.05) is 0 Å². The maximum absolute atomic E-state index is 7.17. The molecule has 0 spiro atoms. The molecule has 0 aromatic heterocycles. The molecule has 0 rings (SSSR count). The van der Waals surface area contributed by atoms with Crippen LogP contribution in [0.2, 0.25) is 0 Å². The zero-order valence-corrected chi connectivity index (χ0v) is 9.16. The van der Waals surface area contributed by atoms with Gasteiger partial charge in [0.2, 0.25) is 0 Å². The number of hydrogen-bond donors (Lipinski definition) is 3. The molecule has 44 valence electrons. The summed E-state index contributed by atoms with van der Waals surface area (Å²) in [5.74, 6) is 0. The molecule has 0 amide bonds. The number of hydrogen-bond acceptors (Lipinski definition) is 2. The van der Waals surface area contributed by atoms with E-state index < -0.39 is 9.66 Å². The maximum Gasteiger partial charge on any atom is 0.0878 e. The molecule has 7 heteroatoms. The van der Waals surface area contributed by atoms with Gasteiger partial charge in [-0.1, -0.05) is 23.6 Å². The van der Waals surface area contributed by atoms with Gasteiger partial charge in [0, 0.05) is 5.53 Å². The monoisotopic (exact) mass is 227 g/mol. The molecule has 0 aliphatic rings. The van der Waals surface area contributed by atoms with E-state index in [9.17, 15) is 0 Å². The van der Waals surface area contributed by atoms with Crippen LogP contribution in [0.5, 0.6) is 0 Å². The van der Waals surface area contributed by atoms with Gasteiger partial charge < -0.3 is 0 Å². The van der Waals surface area contributed by atoms with Gasteiger partial charge in [0.1, 0.15) is 0 Å². The molecule has 0 saturated carbocycles. The van der Waals surface area contributed by atoms with E-state index in [0.717, 1.165) is 0 Å². The Morgan fingerprint density at radius 1 is 1.71 bits per heavy atom. The molecule has 0 nitrogen and oxygen atoms in total. The summed E-state index contributed by atoms with van der Waals surface area (Å²) in [7, 11) is 0. The van der Waals surface area contributed by atoms with Gasteiger partial charge in [-0.25, -0.2) is 0 Å². The molecule has 0 aromatic carbocycles. The summed E-state index contributed by atoms with van der Waals surface area (Å²) < 4.78 is 5.00. The zero-order chi connectivity index (χ0) is 7.00. The van der Waals surface area contributed by atoms with Gasteiger partial charge in [0.15, 0.2) is 0 Å². The second-order valence-electron chi connectivity index (χ2n) is 0.766. The lowest BCUT2D eigenvalue weighted by Crippen LogP contribution is -1.31. The molecule has 0 heterocycles. The highest BCUT2D eigenvalue weighted by molar-refractivity contribution is 9.19. The fraction of sp³-hybridized carbons (Fsp3) is 0. The van der Waals surface area contributed by atoms with E-state index in [1.807, 2.05) is 0 Å². The van der Waals surface area contributed by atoms with E-state index >= 15 is 0 Å². The summed E-state index contributed by atoms with van der Waals surface area (Å²) in [6.07, 6.45) is 0. The molecule has 0 bridgehead atoms. The molecule has 0 aromatic rings. The molecule has 0 fully saturated rings. The van der Waals surface area contributed by atoms with Crippen molar-refractivity contribution < 1.29 is 0 Å². The SMILES string of the molecule is [2H]P(=S)(S)P(=S)(S)S. The third-order valence-electron chi connectivity index (χ3n) is 0.223. The molecular formula is H4P2S5. The highest BCUT2D eigenvalue weighted by Gasteiger charge is 2.03. The first-order valence-electron chi connectivity index (χ1n) is 1.61. The Kier molecular flexibility index (Phi) is 3.73. The smallest absolute Gasteiger partial charge is 0.0878 e. The van der Waals surface area contributed by atoms with Crippen LogP contribution in [0, 0.1) is 0 Å². The minimum atomic E-state index is -2.42. The predicted octanol–water partition coefficient (Wildman–Crippen LogP) is 2.59. The van der Waals surface area contributed by atoms with Crippen LogP contribution in [-0.4, -0.2) is 1.28 Å². The lowest BCUT2D eigenvalue weighted by Gasteiger charge is -2.02. The molecule has 0 N–H and O–H groups in total. The van der Waals surface area contributed by atoms with Gasteiger partial charge in [0.05, 0.1) is 5.41 Å². The van der Waals surface area contributed by atoms with E-state index in [1.54, 1.807) is 0 Å². The third-order valence-corrected chi connectivity index (χ3v) is 18.1. The summed E-state index contributed by atoms with van der Waals surface area (Å²) in [6.45, 7) is 0. The lowest BCUT2D eigenvalue weighted by molar-refractivity contribution is 5.08. The molecule has 0 saturated heterocycles. The minimum absolute atomic E-state index is 2.17. The van der Waals surface area contributed by atoms with Crippen molar-refractivity contribution in [3.05, 3.63) is 0 Å². The average Bonchev–Trinajstić information content (AvgIpc) is 1.25. The second-order valence-corrected chi connectivity index (χ2v) is 20.7. The van der Waals surface area contributed by atoms with E-state index in [0.29, 0.717) is 0 Å². The van der Waals surface area contributed by atoms with Crippen molar-refractivity contribution in [1.82, 2.24) is 0 Å². The van der Waals surface area contributed by atoms with Crippen molar-refractivity contribution in [1.29, 1.82) is 1.28 Å². The van der Waals surface area contributed by atoms with Crippen molar-refractivity contribution in [2.24, 2.45) is 0 Å². The highest BCUT2D eigenvalue weighted by atomic mass is 33.5. The molecule has 7 heavy (non-hydrogen) atoms. The fourth-order valence-electron chi connectivity index (χ4n) is 0. The van der Waals surface area contributed by atoms with Gasteiger partial charge in [0.25, 0.3) is 0 Å². The van der Waals surface area contributed by atoms with Crippen LogP contribution >= 0.6 is 46.4 Å². The van der Waals surface area contributed by atoms with E-state index in [-0.39, 0.29) is 0 Å². The average molecular weight is 227 g/mol. The Labute approximate surface area is 70.9 Å². The van der Waals surface area contributed by atoms with Gasteiger partial charge in [-0.15, -0.1) is 36.7 Å². The van der Waals surface area contributed by atoms with Gasteiger partial charge in [-0.2, -0.15) is 0 Å². The van der Waals surface area contributed by atoms with Crippen LogP contribution in [0.25, 0.3) is 0 Å². The van der Waals surface area contributed by atoms with E-state index in [4.69, 9.17) is 13.1 Å². The van der Waals surface area contributed by atoms with Gasteiger partial charge >= 0.3 is 0 Å². The lowest BCUT2D eigenvalue weighted by atomic mass is 29.2. The Morgan fingerprint density at radius 2 is 1.86 bits per heavy atom. The summed E-state index contributed by atoms with van der Waals surface area (Å²) in [4.78, 5) is 0. The largest absolute Gasteiger partial charge is 0.138 e. The molecule has 0 aliphatic heterocycles. The molecule has 1 unspecified atom stereocenters. The maximum atomic E-state index is 7.17. The van der Waals surface area contributed by atoms with Crippen molar-refractivity contribution in [2.45, 2.75) is 0 Å². The Bertz CT molecular complexity index is 139. The molecule has 0 radical (unpaired) electrons. The molecular weight excluding hydrogens is 222 g/mol. The Hall–Kier alpha value is 2.35. The van der Waals surface area contributed by atoms with Crippen LogP contribution in [-0.2, 0) is 23.6 Å². The van der Waals surface area contributed by atoms with E-state index in [2.05, 4.69) is 48.6 Å². The topological polar surface area (TPSA) is 0 Å². The summed E-state index contributed by atoms with van der Waals surface area (Å²) in [5, 5.41) is 0. The zero-order valence-electron chi connectivity index (χ0n) is 4.05. The molecule has 0 aliphatic carbocycles. The summed E-state index contributed by atoms with van der Waals surface area (Å²) in [6, 6.07) is 0. The minimum Gasteiger partial charge on any atom is -0.138 e. The van der Waals surface area contributed by atoms with Crippen molar-refractivity contribution in [3.63, 3.8) is 0 Å². The highest BCUT2D eigenvalue weighted by Crippen LogP contribution is 2.78. The quantitative estimate of drug-likeness (QED) is 0.465. The van der Waals surface area contributed by atoms with Crippen LogP contribution in [0.3, 0.4) is 0 Å². The van der Waals surface area contributed by atoms with Gasteiger partial charge in [-0.3, -0.25) is 0 Å². The van der Waals surface area contributed by atoms with Gasteiger partial charge in [-0.05, 0) is 0 Å². The first kappa shape index (κ1) is 7.46. The predicted molar refractivity (Wildman–Crippen MR) is 56.9 cm³/mol. The van der Waals surface area contributed by atoms with Crippen LogP contribution < -0.4 is 0 Å². The van der Waals surface area contributed by atoms with Crippen LogP contribution in [0.15, 0.2) is 0 Å². The first-order valence-corrected chi connectivity index (χ1v) is 10.5. The number of thiol groups is 3. The summed E-state index contributed by atoms with van der Waals surface area (Å²) >= 11 is 21.0. The van der Waals surface area contributed by atoms with Crippen LogP contribution in [0.1, 0.15) is 0 Å². The van der Waals surface area contributed by atoms with Crippen molar-refractivity contribution >= 4 is 70.0 Å². The standard InChI is InChI=1S/H4P2S5/c3-1(4)2(5,6)7/h1H,(H,3,4)(H2,5,6,7)/i1D. The normalized spacial score (nSPS) is 23.0. The summed E-state index contributed by atoms with van der Waals surface area (Å²) in [5.41, 5.74) is -2.42. The van der Waals surface area contributed by atoms with E-state index in [1.165, 1.54) is 0 Å². The fourth-order valence-corrected chi connectivity index (χ4v) is 0. The second kappa shape index (κ2) is 3.50. The van der Waals surface area contributed by atoms with Crippen molar-refractivity contribution in [3.8, 4) is 0 Å². The third kappa shape index (κ3) is 4.83. The number of rotatable bonds is 1. The Morgan fingerprint density at radius 3 is 1.86 bits per heavy atom. The molecule has 1 atom stereocenters.